The van der Waals surface area contributed by atoms with Crippen LogP contribution in [0.3, 0.4) is 0 Å². The van der Waals surface area contributed by atoms with Crippen LogP contribution in [0.1, 0.15) is 5.76 Å². The van der Waals surface area contributed by atoms with Gasteiger partial charge in [0.1, 0.15) is 17.6 Å². The molecule has 0 bridgehead atoms. The number of rotatable bonds is 4. The maximum Gasteiger partial charge on any atom is 0.280 e. The van der Waals surface area contributed by atoms with Gasteiger partial charge in [0.15, 0.2) is 0 Å². The Kier molecular flexibility index (Phi) is 3.81. The Morgan fingerprint density at radius 2 is 2.00 bits per heavy atom. The minimum atomic E-state index is -1.62. The fraction of sp³-hybridized carbons (Fsp3) is 0. The second kappa shape index (κ2) is 5.71. The van der Waals surface area contributed by atoms with Gasteiger partial charge in [-0.15, -0.1) is 0 Å². The first kappa shape index (κ1) is 14.0. The third-order valence-corrected chi connectivity index (χ3v) is 2.62. The van der Waals surface area contributed by atoms with Crippen LogP contribution in [0.25, 0.3) is 17.4 Å². The van der Waals surface area contributed by atoms with Crippen LogP contribution in [-0.4, -0.2) is 10.9 Å². The molecular formula is C14H7N2O5-. The van der Waals surface area contributed by atoms with Crippen molar-refractivity contribution in [2.24, 2.45) is 0 Å². The summed E-state index contributed by atoms with van der Waals surface area (Å²) >= 11 is 0. The highest BCUT2D eigenvalue weighted by molar-refractivity contribution is 5.94. The molecule has 0 N–H and O–H groups in total. The van der Waals surface area contributed by atoms with Crippen molar-refractivity contribution in [1.82, 2.24) is 0 Å². The van der Waals surface area contributed by atoms with Gasteiger partial charge >= 0.3 is 0 Å². The SMILES string of the molecule is N#C/C(=C\c1ccc(-c2ccccc2[N+](=O)[O-])o1)C(=O)[O-]. The molecule has 0 aliphatic rings. The fourth-order valence-electron chi connectivity index (χ4n) is 1.70. The lowest BCUT2D eigenvalue weighted by molar-refractivity contribution is -0.384. The second-order valence-corrected chi connectivity index (χ2v) is 3.93. The molecule has 0 atom stereocenters. The fourth-order valence-corrected chi connectivity index (χ4v) is 1.70. The quantitative estimate of drug-likeness (QED) is 0.363. The molecule has 0 aliphatic heterocycles. The Bertz CT molecular complexity index is 783. The lowest BCUT2D eigenvalue weighted by Gasteiger charge is -1.99. The van der Waals surface area contributed by atoms with Crippen molar-refractivity contribution in [2.45, 2.75) is 0 Å². The summed E-state index contributed by atoms with van der Waals surface area (Å²) in [5.74, 6) is -1.34. The van der Waals surface area contributed by atoms with E-state index in [9.17, 15) is 20.0 Å². The van der Waals surface area contributed by atoms with Crippen molar-refractivity contribution in [1.29, 1.82) is 5.26 Å². The number of hydrogen-bond acceptors (Lipinski definition) is 6. The van der Waals surface area contributed by atoms with E-state index in [1.165, 1.54) is 36.4 Å². The number of carbonyl (C=O) groups excluding carboxylic acids is 1. The van der Waals surface area contributed by atoms with Gasteiger partial charge in [-0.1, -0.05) is 12.1 Å². The van der Waals surface area contributed by atoms with Crippen molar-refractivity contribution < 1.29 is 19.2 Å². The van der Waals surface area contributed by atoms with E-state index in [0.29, 0.717) is 0 Å². The van der Waals surface area contributed by atoms with Crippen molar-refractivity contribution in [2.75, 3.05) is 0 Å². The monoisotopic (exact) mass is 283 g/mol. The van der Waals surface area contributed by atoms with Crippen LogP contribution in [0.15, 0.2) is 46.4 Å². The number of nitrogens with zero attached hydrogens (tertiary/aromatic N) is 2. The van der Waals surface area contributed by atoms with Gasteiger partial charge in [-0.25, -0.2) is 0 Å². The van der Waals surface area contributed by atoms with E-state index in [1.54, 1.807) is 6.07 Å². The summed E-state index contributed by atoms with van der Waals surface area (Å²) in [7, 11) is 0. The molecule has 0 amide bonds. The maximum atomic E-state index is 10.9. The maximum absolute atomic E-state index is 10.9. The van der Waals surface area contributed by atoms with E-state index in [4.69, 9.17) is 9.68 Å². The summed E-state index contributed by atoms with van der Waals surface area (Å²) in [5.41, 5.74) is -0.477. The third-order valence-electron chi connectivity index (χ3n) is 2.62. The Hall–Kier alpha value is -3.40. The summed E-state index contributed by atoms with van der Waals surface area (Å²) < 4.78 is 5.32. The number of carbonyl (C=O) groups is 1. The number of nitro benzene ring substituents is 1. The molecule has 0 fully saturated rings. The van der Waals surface area contributed by atoms with E-state index < -0.39 is 16.5 Å². The highest BCUT2D eigenvalue weighted by Gasteiger charge is 2.16. The van der Waals surface area contributed by atoms with E-state index in [1.807, 2.05) is 0 Å². The van der Waals surface area contributed by atoms with E-state index in [2.05, 4.69) is 0 Å². The molecule has 1 aromatic heterocycles. The summed E-state index contributed by atoms with van der Waals surface area (Å²) in [4.78, 5) is 21.0. The van der Waals surface area contributed by atoms with Crippen LogP contribution >= 0.6 is 0 Å². The number of furan rings is 1. The number of carboxylic acid groups (broad SMARTS) is 1. The highest BCUT2D eigenvalue weighted by atomic mass is 16.6. The molecule has 0 saturated carbocycles. The molecule has 0 spiro atoms. The first-order valence-electron chi connectivity index (χ1n) is 5.69. The second-order valence-electron chi connectivity index (χ2n) is 3.93. The lowest BCUT2D eigenvalue weighted by Crippen LogP contribution is -2.23. The molecule has 0 aliphatic carbocycles. The minimum absolute atomic E-state index is 0.0869. The standard InChI is InChI=1S/C14H8N2O5/c15-8-9(14(17)18)7-10-5-6-13(21-10)11-3-1-2-4-12(11)16(19)20/h1-7H,(H,17,18)/p-1/b9-7+. The molecule has 0 radical (unpaired) electrons. The average molecular weight is 283 g/mol. The summed E-state index contributed by atoms with van der Waals surface area (Å²) in [6, 6.07) is 10.3. The van der Waals surface area contributed by atoms with Crippen LogP contribution in [0.5, 0.6) is 0 Å². The molecule has 1 aromatic carbocycles. The number of aliphatic carboxylic acids is 1. The van der Waals surface area contributed by atoms with Crippen LogP contribution < -0.4 is 5.11 Å². The molecular weight excluding hydrogens is 276 g/mol. The predicted molar refractivity (Wildman–Crippen MR) is 69.4 cm³/mol. The van der Waals surface area contributed by atoms with Gasteiger partial charge in [0.25, 0.3) is 5.69 Å². The zero-order chi connectivity index (χ0) is 15.4. The van der Waals surface area contributed by atoms with Gasteiger partial charge in [0.05, 0.1) is 22.0 Å². The van der Waals surface area contributed by atoms with Gasteiger partial charge < -0.3 is 14.3 Å². The number of nitriles is 1. The molecule has 21 heavy (non-hydrogen) atoms. The predicted octanol–water partition coefficient (Wildman–Crippen LogP) is 1.51. The highest BCUT2D eigenvalue weighted by Crippen LogP contribution is 2.31. The Labute approximate surface area is 118 Å². The summed E-state index contributed by atoms with van der Waals surface area (Å²) in [5, 5.41) is 30.2. The zero-order valence-corrected chi connectivity index (χ0v) is 10.5. The summed E-state index contributed by atoms with van der Waals surface area (Å²) in [6.07, 6.45) is 0.994. The average Bonchev–Trinajstić information content (AvgIpc) is 2.92. The molecule has 7 nitrogen and oxygen atoms in total. The van der Waals surface area contributed by atoms with Crippen LogP contribution in [0.2, 0.25) is 0 Å². The molecule has 104 valence electrons. The van der Waals surface area contributed by atoms with Crippen molar-refractivity contribution >= 4 is 17.7 Å². The first-order valence-corrected chi connectivity index (χ1v) is 5.69. The number of para-hydroxylation sites is 1. The minimum Gasteiger partial charge on any atom is -0.544 e. The largest absolute Gasteiger partial charge is 0.544 e. The first-order chi connectivity index (χ1) is 10.0. The molecule has 0 unspecified atom stereocenters. The van der Waals surface area contributed by atoms with Crippen molar-refractivity contribution in [3.8, 4) is 17.4 Å². The van der Waals surface area contributed by atoms with Crippen LogP contribution in [-0.2, 0) is 4.79 Å². The van der Waals surface area contributed by atoms with Gasteiger partial charge in [-0.2, -0.15) is 5.26 Å². The van der Waals surface area contributed by atoms with Crippen molar-refractivity contribution in [3.05, 3.63) is 57.8 Å². The van der Waals surface area contributed by atoms with Crippen LogP contribution in [0.4, 0.5) is 5.69 Å². The van der Waals surface area contributed by atoms with Gasteiger partial charge in [0, 0.05) is 12.1 Å². The topological polar surface area (TPSA) is 120 Å². The number of hydrogen-bond donors (Lipinski definition) is 0. The van der Waals surface area contributed by atoms with Crippen molar-refractivity contribution in [3.63, 3.8) is 0 Å². The molecule has 0 saturated heterocycles. The number of benzene rings is 1. The molecule has 7 heteroatoms. The van der Waals surface area contributed by atoms with E-state index in [-0.39, 0.29) is 22.8 Å². The smallest absolute Gasteiger partial charge is 0.280 e. The van der Waals surface area contributed by atoms with Gasteiger partial charge in [-0.05, 0) is 18.2 Å². The molecule has 2 rings (SSSR count). The Morgan fingerprint density at radius 3 is 2.62 bits per heavy atom. The summed E-state index contributed by atoms with van der Waals surface area (Å²) in [6.45, 7) is 0. The van der Waals surface area contributed by atoms with Crippen LogP contribution in [0, 0.1) is 21.4 Å². The number of nitro groups is 1. The Balaban J connectivity index is 2.45. The van der Waals surface area contributed by atoms with E-state index >= 15 is 0 Å². The molecule has 1 heterocycles. The molecule has 2 aromatic rings. The van der Waals surface area contributed by atoms with Gasteiger partial charge in [-0.3, -0.25) is 10.1 Å². The lowest BCUT2D eigenvalue weighted by atomic mass is 10.1. The number of carboxylic acids is 1. The Morgan fingerprint density at radius 1 is 1.29 bits per heavy atom. The van der Waals surface area contributed by atoms with E-state index in [0.717, 1.165) is 6.08 Å². The third kappa shape index (κ3) is 2.96. The van der Waals surface area contributed by atoms with Gasteiger partial charge in [0.2, 0.25) is 0 Å². The zero-order valence-electron chi connectivity index (χ0n) is 10.5. The normalized spacial score (nSPS) is 10.9.